The van der Waals surface area contributed by atoms with Gasteiger partial charge in [0.05, 0.1) is 0 Å². The molecule has 19 heavy (non-hydrogen) atoms. The zero-order valence-electron chi connectivity index (χ0n) is 10.1. The summed E-state index contributed by atoms with van der Waals surface area (Å²) >= 11 is 0. The maximum absolute atomic E-state index is 12.1. The molecule has 2 rings (SSSR count). The van der Waals surface area contributed by atoms with Crippen molar-refractivity contribution in [1.29, 1.82) is 0 Å². The number of aryl methyl sites for hydroxylation is 2. The minimum absolute atomic E-state index is 0.000770. The van der Waals surface area contributed by atoms with Crippen LogP contribution in [0.25, 0.3) is 0 Å². The molecule has 9 heteroatoms. The van der Waals surface area contributed by atoms with Crippen molar-refractivity contribution >= 4 is 21.8 Å². The SMILES string of the molecule is Cc1oc(C(=O)O)cc1S(=O)(=O)Nc1ccn(C)n1. The highest BCUT2D eigenvalue weighted by atomic mass is 32.2. The van der Waals surface area contributed by atoms with E-state index < -0.39 is 21.8 Å². The third-order valence-corrected chi connectivity index (χ3v) is 3.79. The van der Waals surface area contributed by atoms with Crippen molar-refractivity contribution in [2.45, 2.75) is 11.8 Å². The van der Waals surface area contributed by atoms with Gasteiger partial charge in [-0.15, -0.1) is 0 Å². The standard InChI is InChI=1S/C10H11N3O5S/c1-6-8(5-7(18-6)10(14)15)19(16,17)12-9-3-4-13(2)11-9/h3-5H,1-2H3,(H,11,12)(H,14,15). The van der Waals surface area contributed by atoms with Gasteiger partial charge >= 0.3 is 5.97 Å². The smallest absolute Gasteiger partial charge is 0.371 e. The van der Waals surface area contributed by atoms with Crippen molar-refractivity contribution < 1.29 is 22.7 Å². The molecule has 0 aliphatic carbocycles. The van der Waals surface area contributed by atoms with E-state index in [-0.39, 0.29) is 16.5 Å². The molecule has 0 radical (unpaired) electrons. The first kappa shape index (κ1) is 13.1. The lowest BCUT2D eigenvalue weighted by atomic mass is 10.4. The topological polar surface area (TPSA) is 114 Å². The summed E-state index contributed by atoms with van der Waals surface area (Å²) in [6.07, 6.45) is 1.57. The summed E-state index contributed by atoms with van der Waals surface area (Å²) in [5.41, 5.74) is 0. The second-order valence-corrected chi connectivity index (χ2v) is 5.47. The van der Waals surface area contributed by atoms with E-state index in [4.69, 9.17) is 9.52 Å². The first-order valence-corrected chi connectivity index (χ1v) is 6.64. The minimum Gasteiger partial charge on any atom is -0.475 e. The summed E-state index contributed by atoms with van der Waals surface area (Å²) in [4.78, 5) is 10.5. The molecule has 0 aliphatic rings. The highest BCUT2D eigenvalue weighted by molar-refractivity contribution is 7.92. The largest absolute Gasteiger partial charge is 0.475 e. The van der Waals surface area contributed by atoms with E-state index in [1.807, 2.05) is 0 Å². The van der Waals surface area contributed by atoms with E-state index in [2.05, 4.69) is 9.82 Å². The zero-order chi connectivity index (χ0) is 14.2. The van der Waals surface area contributed by atoms with Crippen LogP contribution in [-0.2, 0) is 17.1 Å². The summed E-state index contributed by atoms with van der Waals surface area (Å²) < 4.78 is 32.6. The minimum atomic E-state index is -3.93. The molecule has 8 nitrogen and oxygen atoms in total. The quantitative estimate of drug-likeness (QED) is 0.859. The van der Waals surface area contributed by atoms with Gasteiger partial charge in [0, 0.05) is 25.4 Å². The Balaban J connectivity index is 2.37. The Labute approximate surface area is 108 Å². The number of carboxylic acid groups (broad SMARTS) is 1. The summed E-state index contributed by atoms with van der Waals surface area (Å²) in [5.74, 6) is -1.62. The Morgan fingerprint density at radius 3 is 2.68 bits per heavy atom. The number of furan rings is 1. The van der Waals surface area contributed by atoms with Gasteiger partial charge < -0.3 is 9.52 Å². The molecule has 0 saturated heterocycles. The van der Waals surface area contributed by atoms with Crippen LogP contribution in [0.2, 0.25) is 0 Å². The van der Waals surface area contributed by atoms with Crippen LogP contribution in [-0.4, -0.2) is 29.3 Å². The molecule has 0 spiro atoms. The molecule has 2 N–H and O–H groups in total. The van der Waals surface area contributed by atoms with E-state index in [0.29, 0.717) is 0 Å². The zero-order valence-corrected chi connectivity index (χ0v) is 10.9. The van der Waals surface area contributed by atoms with Gasteiger partial charge in [0.2, 0.25) is 5.76 Å². The van der Waals surface area contributed by atoms with Crippen LogP contribution in [0.3, 0.4) is 0 Å². The van der Waals surface area contributed by atoms with Crippen LogP contribution in [0.1, 0.15) is 16.3 Å². The van der Waals surface area contributed by atoms with Gasteiger partial charge in [-0.1, -0.05) is 0 Å². The van der Waals surface area contributed by atoms with Crippen LogP contribution >= 0.6 is 0 Å². The molecule has 0 atom stereocenters. The van der Waals surface area contributed by atoms with Gasteiger partial charge in [0.25, 0.3) is 10.0 Å². The van der Waals surface area contributed by atoms with Gasteiger partial charge in [-0.2, -0.15) is 5.10 Å². The van der Waals surface area contributed by atoms with Crippen molar-refractivity contribution in [2.24, 2.45) is 7.05 Å². The monoisotopic (exact) mass is 285 g/mol. The van der Waals surface area contributed by atoms with Gasteiger partial charge in [-0.3, -0.25) is 9.40 Å². The maximum atomic E-state index is 12.1. The molecule has 2 heterocycles. The third kappa shape index (κ3) is 2.60. The molecule has 0 aliphatic heterocycles. The molecular weight excluding hydrogens is 274 g/mol. The normalized spacial score (nSPS) is 11.5. The summed E-state index contributed by atoms with van der Waals surface area (Å²) in [5, 5.41) is 12.6. The summed E-state index contributed by atoms with van der Waals surface area (Å²) in [7, 11) is -2.28. The Bertz CT molecular complexity index is 728. The van der Waals surface area contributed by atoms with Crippen molar-refractivity contribution in [3.05, 3.63) is 29.9 Å². The molecule has 102 valence electrons. The number of carbonyl (C=O) groups is 1. The van der Waals surface area contributed by atoms with Crippen molar-refractivity contribution in [3.63, 3.8) is 0 Å². The third-order valence-electron chi connectivity index (χ3n) is 2.33. The van der Waals surface area contributed by atoms with Crippen molar-refractivity contribution in [3.8, 4) is 0 Å². The maximum Gasteiger partial charge on any atom is 0.371 e. The number of aromatic carboxylic acids is 1. The van der Waals surface area contributed by atoms with Crippen LogP contribution in [0, 0.1) is 6.92 Å². The number of sulfonamides is 1. The van der Waals surface area contributed by atoms with E-state index in [1.165, 1.54) is 17.7 Å². The second-order valence-electron chi connectivity index (χ2n) is 3.82. The van der Waals surface area contributed by atoms with E-state index in [0.717, 1.165) is 6.07 Å². The van der Waals surface area contributed by atoms with Crippen molar-refractivity contribution in [2.75, 3.05) is 4.72 Å². The van der Waals surface area contributed by atoms with E-state index in [9.17, 15) is 13.2 Å². The average Bonchev–Trinajstić information content (AvgIpc) is 2.85. The Morgan fingerprint density at radius 2 is 2.21 bits per heavy atom. The van der Waals surface area contributed by atoms with Gasteiger partial charge in [-0.05, 0) is 6.92 Å². The Kier molecular flexibility index (Phi) is 3.06. The molecule has 0 fully saturated rings. The van der Waals surface area contributed by atoms with Crippen LogP contribution in [0.15, 0.2) is 27.6 Å². The number of anilines is 1. The van der Waals surface area contributed by atoms with E-state index >= 15 is 0 Å². The predicted octanol–water partition coefficient (Wildman–Crippen LogP) is 0.821. The molecule has 0 amide bonds. The fourth-order valence-corrected chi connectivity index (χ4v) is 2.68. The predicted molar refractivity (Wildman–Crippen MR) is 64.4 cm³/mol. The molecular formula is C10H11N3O5S. The first-order chi connectivity index (χ1) is 8.79. The van der Waals surface area contributed by atoms with Crippen LogP contribution in [0.4, 0.5) is 5.82 Å². The molecule has 0 saturated carbocycles. The highest BCUT2D eigenvalue weighted by Gasteiger charge is 2.24. The number of rotatable bonds is 4. The number of hydrogen-bond donors (Lipinski definition) is 2. The van der Waals surface area contributed by atoms with Gasteiger partial charge in [0.15, 0.2) is 5.82 Å². The number of nitrogens with zero attached hydrogens (tertiary/aromatic N) is 2. The number of aromatic nitrogens is 2. The van der Waals surface area contributed by atoms with Gasteiger partial charge in [0.1, 0.15) is 10.7 Å². The Morgan fingerprint density at radius 1 is 1.53 bits per heavy atom. The number of carboxylic acids is 1. The lowest BCUT2D eigenvalue weighted by Gasteiger charge is -2.03. The van der Waals surface area contributed by atoms with Crippen molar-refractivity contribution in [1.82, 2.24) is 9.78 Å². The van der Waals surface area contributed by atoms with Gasteiger partial charge in [-0.25, -0.2) is 13.2 Å². The average molecular weight is 285 g/mol. The lowest BCUT2D eigenvalue weighted by molar-refractivity contribution is 0.0661. The fourth-order valence-electron chi connectivity index (χ4n) is 1.50. The molecule has 2 aromatic heterocycles. The summed E-state index contributed by atoms with van der Waals surface area (Å²) in [6, 6.07) is 2.44. The first-order valence-electron chi connectivity index (χ1n) is 5.16. The van der Waals surface area contributed by atoms with E-state index in [1.54, 1.807) is 13.2 Å². The second kappa shape index (κ2) is 4.43. The molecule has 0 bridgehead atoms. The number of hydrogen-bond acceptors (Lipinski definition) is 5. The fraction of sp³-hybridized carbons (Fsp3) is 0.200. The molecule has 0 unspecified atom stereocenters. The Hall–Kier alpha value is -2.29. The van der Waals surface area contributed by atoms with Crippen LogP contribution in [0.5, 0.6) is 0 Å². The number of nitrogens with one attached hydrogen (secondary N) is 1. The molecule has 2 aromatic rings. The van der Waals surface area contributed by atoms with Crippen LogP contribution < -0.4 is 4.72 Å². The highest BCUT2D eigenvalue weighted by Crippen LogP contribution is 2.22. The summed E-state index contributed by atoms with van der Waals surface area (Å²) in [6.45, 7) is 1.37. The lowest BCUT2D eigenvalue weighted by Crippen LogP contribution is -2.13. The molecule has 0 aromatic carbocycles.